The molecule has 0 aliphatic heterocycles. The molecule has 1 aromatic heterocycles. The first-order chi connectivity index (χ1) is 15.9. The predicted molar refractivity (Wildman–Crippen MR) is 123 cm³/mol. The number of aryl methyl sites for hydroxylation is 1. The van der Waals surface area contributed by atoms with Gasteiger partial charge in [-0.2, -0.15) is 5.10 Å². The lowest BCUT2D eigenvalue weighted by Gasteiger charge is -2.25. The first kappa shape index (κ1) is 21.4. The van der Waals surface area contributed by atoms with Crippen molar-refractivity contribution in [2.45, 2.75) is 50.5 Å². The number of carbonyl (C=O) groups is 2. The number of esters is 1. The van der Waals surface area contributed by atoms with E-state index in [0.29, 0.717) is 41.3 Å². The van der Waals surface area contributed by atoms with Crippen molar-refractivity contribution in [2.75, 3.05) is 12.4 Å². The van der Waals surface area contributed by atoms with Gasteiger partial charge in [-0.3, -0.25) is 9.48 Å². The summed E-state index contributed by atoms with van der Waals surface area (Å²) in [5, 5.41) is 7.35. The molecule has 0 atom stereocenters. The van der Waals surface area contributed by atoms with Crippen molar-refractivity contribution in [3.8, 4) is 11.1 Å². The maximum atomic E-state index is 14.6. The van der Waals surface area contributed by atoms with E-state index in [-0.39, 0.29) is 11.7 Å². The number of rotatable bonds is 6. The van der Waals surface area contributed by atoms with E-state index in [1.807, 2.05) is 23.9 Å². The Morgan fingerprint density at radius 1 is 1.18 bits per heavy atom. The third kappa shape index (κ3) is 3.81. The van der Waals surface area contributed by atoms with Crippen LogP contribution in [0.15, 0.2) is 48.8 Å². The van der Waals surface area contributed by atoms with Gasteiger partial charge in [0.05, 0.1) is 30.3 Å². The minimum absolute atomic E-state index is 0.272. The summed E-state index contributed by atoms with van der Waals surface area (Å²) in [7, 11) is 1.33. The highest BCUT2D eigenvalue weighted by atomic mass is 19.1. The van der Waals surface area contributed by atoms with Gasteiger partial charge in [-0.1, -0.05) is 18.2 Å². The van der Waals surface area contributed by atoms with Gasteiger partial charge in [0.25, 0.3) is 0 Å². The number of hydrogen-bond acceptors (Lipinski definition) is 4. The zero-order valence-electron chi connectivity index (χ0n) is 18.7. The highest BCUT2D eigenvalue weighted by molar-refractivity contribution is 6.04. The SMILES string of the molecule is COC(=O)c1cc(NC(=O)C2(c3ccc(C)cc3F)CC2)ccc1-c1cnn(C2CCC2)c1. The van der Waals surface area contributed by atoms with Gasteiger partial charge in [0.15, 0.2) is 0 Å². The smallest absolute Gasteiger partial charge is 0.338 e. The molecule has 6 nitrogen and oxygen atoms in total. The third-order valence-corrected chi connectivity index (χ3v) is 6.87. The number of nitrogens with one attached hydrogen (secondary N) is 1. The van der Waals surface area contributed by atoms with Crippen LogP contribution in [-0.2, 0) is 14.9 Å². The Balaban J connectivity index is 1.42. The average Bonchev–Trinajstić information content (AvgIpc) is 3.43. The zero-order valence-corrected chi connectivity index (χ0v) is 18.7. The van der Waals surface area contributed by atoms with Crippen LogP contribution in [0.3, 0.4) is 0 Å². The maximum absolute atomic E-state index is 14.6. The molecule has 2 saturated carbocycles. The van der Waals surface area contributed by atoms with Crippen LogP contribution in [0.1, 0.15) is 59.6 Å². The molecular formula is C26H26FN3O3. The first-order valence-electron chi connectivity index (χ1n) is 11.3. The minimum atomic E-state index is -0.869. The second-order valence-electron chi connectivity index (χ2n) is 9.07. The summed E-state index contributed by atoms with van der Waals surface area (Å²) in [6.45, 7) is 1.82. The molecule has 33 heavy (non-hydrogen) atoms. The van der Waals surface area contributed by atoms with Crippen molar-refractivity contribution in [1.82, 2.24) is 9.78 Å². The van der Waals surface area contributed by atoms with Crippen molar-refractivity contribution >= 4 is 17.6 Å². The van der Waals surface area contributed by atoms with Crippen molar-refractivity contribution in [3.05, 3.63) is 71.3 Å². The first-order valence-corrected chi connectivity index (χ1v) is 11.3. The molecule has 1 heterocycles. The maximum Gasteiger partial charge on any atom is 0.338 e. The fourth-order valence-corrected chi connectivity index (χ4v) is 4.48. The second-order valence-corrected chi connectivity index (χ2v) is 9.07. The van der Waals surface area contributed by atoms with E-state index in [0.717, 1.165) is 24.0 Å². The number of ether oxygens (including phenoxy) is 1. The van der Waals surface area contributed by atoms with Gasteiger partial charge in [0.1, 0.15) is 5.82 Å². The third-order valence-electron chi connectivity index (χ3n) is 6.87. The van der Waals surface area contributed by atoms with Crippen LogP contribution in [0.25, 0.3) is 11.1 Å². The Bertz CT molecular complexity index is 1240. The number of methoxy groups -OCH3 is 1. The van der Waals surface area contributed by atoms with E-state index < -0.39 is 11.4 Å². The molecule has 2 fully saturated rings. The quantitative estimate of drug-likeness (QED) is 0.529. The average molecular weight is 448 g/mol. The molecule has 0 saturated heterocycles. The monoisotopic (exact) mass is 447 g/mol. The minimum Gasteiger partial charge on any atom is -0.465 e. The molecule has 0 spiro atoms. The lowest BCUT2D eigenvalue weighted by atomic mass is 9.93. The number of halogens is 1. The van der Waals surface area contributed by atoms with Gasteiger partial charge < -0.3 is 10.1 Å². The van der Waals surface area contributed by atoms with Gasteiger partial charge in [-0.15, -0.1) is 0 Å². The van der Waals surface area contributed by atoms with Crippen molar-refractivity contribution in [2.24, 2.45) is 0 Å². The number of nitrogens with zero attached hydrogens (tertiary/aromatic N) is 2. The van der Waals surface area contributed by atoms with Gasteiger partial charge in [-0.25, -0.2) is 9.18 Å². The summed E-state index contributed by atoms with van der Waals surface area (Å²) in [6, 6.07) is 10.5. The summed E-state index contributed by atoms with van der Waals surface area (Å²) in [4.78, 5) is 25.7. The van der Waals surface area contributed by atoms with Gasteiger partial charge in [0.2, 0.25) is 5.91 Å². The number of amides is 1. The van der Waals surface area contributed by atoms with Crippen LogP contribution in [-0.4, -0.2) is 28.8 Å². The molecule has 5 rings (SSSR count). The Kier molecular flexibility index (Phi) is 5.27. The molecular weight excluding hydrogens is 421 g/mol. The molecule has 7 heteroatoms. The van der Waals surface area contributed by atoms with Crippen LogP contribution in [0, 0.1) is 12.7 Å². The molecule has 0 unspecified atom stereocenters. The van der Waals surface area contributed by atoms with Crippen LogP contribution >= 0.6 is 0 Å². The van der Waals surface area contributed by atoms with Crippen LogP contribution in [0.2, 0.25) is 0 Å². The molecule has 2 aromatic carbocycles. The van der Waals surface area contributed by atoms with Crippen molar-refractivity contribution < 1.29 is 18.7 Å². The molecule has 0 radical (unpaired) electrons. The van der Waals surface area contributed by atoms with Crippen molar-refractivity contribution in [3.63, 3.8) is 0 Å². The number of carbonyl (C=O) groups excluding carboxylic acids is 2. The summed E-state index contributed by atoms with van der Waals surface area (Å²) < 4.78 is 21.5. The normalized spacial score (nSPS) is 16.7. The van der Waals surface area contributed by atoms with Gasteiger partial charge in [-0.05, 0) is 68.4 Å². The number of aromatic nitrogens is 2. The molecule has 170 valence electrons. The Labute approximate surface area is 191 Å². The fraction of sp³-hybridized carbons (Fsp3) is 0.346. The number of benzene rings is 2. The molecule has 3 aromatic rings. The topological polar surface area (TPSA) is 73.2 Å². The molecule has 1 amide bonds. The van der Waals surface area contributed by atoms with E-state index in [9.17, 15) is 14.0 Å². The lowest BCUT2D eigenvalue weighted by molar-refractivity contribution is -0.118. The van der Waals surface area contributed by atoms with E-state index >= 15 is 0 Å². The lowest BCUT2D eigenvalue weighted by Crippen LogP contribution is -2.29. The highest BCUT2D eigenvalue weighted by Crippen LogP contribution is 2.50. The van der Waals surface area contributed by atoms with E-state index in [1.54, 1.807) is 30.5 Å². The van der Waals surface area contributed by atoms with Gasteiger partial charge in [0, 0.05) is 23.0 Å². The number of hydrogen-bond donors (Lipinski definition) is 1. The Hall–Kier alpha value is -3.48. The fourth-order valence-electron chi connectivity index (χ4n) is 4.48. The number of anilines is 1. The van der Waals surface area contributed by atoms with E-state index in [2.05, 4.69) is 10.4 Å². The molecule has 2 aliphatic rings. The standard InChI is InChI=1S/C26H26FN3O3/c1-16-6-9-22(23(27)12-16)26(10-11-26)25(32)29-18-7-8-20(21(13-18)24(31)33-2)17-14-28-30(15-17)19-4-3-5-19/h6-9,12-15,19H,3-5,10-11H2,1-2H3,(H,29,32). The van der Waals surface area contributed by atoms with Crippen LogP contribution in [0.5, 0.6) is 0 Å². The van der Waals surface area contributed by atoms with Crippen LogP contribution in [0.4, 0.5) is 10.1 Å². The van der Waals surface area contributed by atoms with Gasteiger partial charge >= 0.3 is 5.97 Å². The predicted octanol–water partition coefficient (Wildman–Crippen LogP) is 5.18. The second kappa shape index (κ2) is 8.14. The van der Waals surface area contributed by atoms with E-state index in [1.165, 1.54) is 19.6 Å². The van der Waals surface area contributed by atoms with Crippen molar-refractivity contribution in [1.29, 1.82) is 0 Å². The van der Waals surface area contributed by atoms with E-state index in [4.69, 9.17) is 4.74 Å². The Morgan fingerprint density at radius 2 is 1.97 bits per heavy atom. The van der Waals surface area contributed by atoms with Crippen LogP contribution < -0.4 is 5.32 Å². The Morgan fingerprint density at radius 3 is 2.61 bits per heavy atom. The summed E-state index contributed by atoms with van der Waals surface area (Å²) in [5.41, 5.74) is 2.68. The summed E-state index contributed by atoms with van der Waals surface area (Å²) in [6.07, 6.45) is 8.29. The zero-order chi connectivity index (χ0) is 23.2. The molecule has 2 aliphatic carbocycles. The summed E-state index contributed by atoms with van der Waals surface area (Å²) in [5.74, 6) is -1.13. The highest BCUT2D eigenvalue weighted by Gasteiger charge is 2.52. The molecule has 1 N–H and O–H groups in total. The largest absolute Gasteiger partial charge is 0.465 e. The summed E-state index contributed by atoms with van der Waals surface area (Å²) >= 11 is 0. The molecule has 0 bridgehead atoms.